The number of benzene rings is 1. The smallest absolute Gasteiger partial charge is 0.314 e. The number of nitrogens with zero attached hydrogens (tertiary/aromatic N) is 2. The fourth-order valence-corrected chi connectivity index (χ4v) is 2.00. The van der Waals surface area contributed by atoms with Gasteiger partial charge in [0, 0.05) is 0 Å². The maximum absolute atomic E-state index is 11.3. The summed E-state index contributed by atoms with van der Waals surface area (Å²) < 4.78 is 0. The Kier molecular flexibility index (Phi) is 3.91. The van der Waals surface area contributed by atoms with Crippen LogP contribution >= 0.6 is 11.8 Å². The number of thioether (sulfide) groups is 1. The van der Waals surface area contributed by atoms with Gasteiger partial charge in [-0.2, -0.15) is 5.26 Å². The predicted octanol–water partition coefficient (Wildman–Crippen LogP) is 0.946. The fourth-order valence-electron chi connectivity index (χ4n) is 1.66. The summed E-state index contributed by atoms with van der Waals surface area (Å²) in [6.45, 7) is 1.83. The van der Waals surface area contributed by atoms with Crippen LogP contribution in [0.5, 0.6) is 0 Å². The lowest BCUT2D eigenvalue weighted by atomic mass is 10.2. The Balaban J connectivity index is 2.64. The number of hydrogen-bond acceptors (Lipinski definition) is 5. The molecule has 0 aliphatic heterocycles. The highest BCUT2D eigenvalue weighted by Crippen LogP contribution is 2.23. The van der Waals surface area contributed by atoms with E-state index in [1.807, 2.05) is 6.92 Å². The summed E-state index contributed by atoms with van der Waals surface area (Å²) in [5.41, 5.74) is 1.03. The third-order valence-electron chi connectivity index (χ3n) is 2.62. The van der Waals surface area contributed by atoms with Crippen LogP contribution in [0, 0.1) is 18.4 Å². The highest BCUT2D eigenvalue weighted by Gasteiger charge is 2.05. The Morgan fingerprint density at radius 1 is 1.30 bits per heavy atom. The lowest BCUT2D eigenvalue weighted by molar-refractivity contribution is 1.14. The SMILES string of the molecule is CSC(=Nc1cc2[nH]c(=O)c(=O)[nH]c2cc1C)NC#N. The quantitative estimate of drug-likeness (QED) is 0.238. The van der Waals surface area contributed by atoms with E-state index in [1.165, 1.54) is 11.8 Å². The van der Waals surface area contributed by atoms with Gasteiger partial charge in [-0.3, -0.25) is 14.9 Å². The first-order valence-corrected chi connectivity index (χ1v) is 6.82. The van der Waals surface area contributed by atoms with Gasteiger partial charge >= 0.3 is 11.1 Å². The largest absolute Gasteiger partial charge is 0.316 e. The van der Waals surface area contributed by atoms with Gasteiger partial charge in [-0.05, 0) is 30.9 Å². The Labute approximate surface area is 117 Å². The number of fused-ring (bicyclic) bond motifs is 1. The van der Waals surface area contributed by atoms with Crippen molar-refractivity contribution < 1.29 is 0 Å². The van der Waals surface area contributed by atoms with E-state index >= 15 is 0 Å². The average Bonchev–Trinajstić information content (AvgIpc) is 2.41. The number of nitriles is 1. The average molecular weight is 289 g/mol. The Hall–Kier alpha value is -2.53. The third-order valence-corrected chi connectivity index (χ3v) is 3.20. The summed E-state index contributed by atoms with van der Waals surface area (Å²) in [4.78, 5) is 31.9. The van der Waals surface area contributed by atoms with Gasteiger partial charge in [0.1, 0.15) is 0 Å². The van der Waals surface area contributed by atoms with Crippen LogP contribution in [0.15, 0.2) is 26.7 Å². The normalized spacial score (nSPS) is 11.3. The predicted molar refractivity (Wildman–Crippen MR) is 79.3 cm³/mol. The maximum atomic E-state index is 11.3. The van der Waals surface area contributed by atoms with Crippen molar-refractivity contribution in [1.82, 2.24) is 15.3 Å². The highest BCUT2D eigenvalue weighted by atomic mass is 32.2. The summed E-state index contributed by atoms with van der Waals surface area (Å²) >= 11 is 1.30. The molecule has 1 heterocycles. The molecule has 7 nitrogen and oxygen atoms in total. The number of nitrogens with one attached hydrogen (secondary N) is 3. The Bertz CT molecular complexity index is 844. The number of hydrogen-bond donors (Lipinski definition) is 3. The molecule has 0 aliphatic carbocycles. The van der Waals surface area contributed by atoms with Gasteiger partial charge in [0.15, 0.2) is 11.4 Å². The van der Waals surface area contributed by atoms with Gasteiger partial charge in [-0.1, -0.05) is 11.8 Å². The van der Waals surface area contributed by atoms with Crippen LogP contribution in [0.2, 0.25) is 0 Å². The van der Waals surface area contributed by atoms with Crippen LogP contribution in [0.3, 0.4) is 0 Å². The zero-order valence-electron chi connectivity index (χ0n) is 10.8. The molecule has 1 aromatic heterocycles. The number of aromatic amines is 2. The van der Waals surface area contributed by atoms with Crippen LogP contribution in [0.1, 0.15) is 5.56 Å². The lowest BCUT2D eigenvalue weighted by Gasteiger charge is -2.05. The van der Waals surface area contributed by atoms with Crippen LogP contribution in [-0.4, -0.2) is 21.4 Å². The molecule has 0 amide bonds. The van der Waals surface area contributed by atoms with Gasteiger partial charge in [0.2, 0.25) is 0 Å². The Morgan fingerprint density at radius 3 is 2.45 bits per heavy atom. The van der Waals surface area contributed by atoms with Gasteiger partial charge < -0.3 is 9.97 Å². The van der Waals surface area contributed by atoms with E-state index in [9.17, 15) is 9.59 Å². The molecule has 20 heavy (non-hydrogen) atoms. The van der Waals surface area contributed by atoms with Crippen LogP contribution in [0.4, 0.5) is 5.69 Å². The molecule has 0 radical (unpaired) electrons. The number of amidine groups is 1. The summed E-state index contributed by atoms with van der Waals surface area (Å²) in [5, 5.41) is 11.5. The van der Waals surface area contributed by atoms with Crippen molar-refractivity contribution in [3.8, 4) is 6.19 Å². The standard InChI is InChI=1S/C12H11N5O2S/c1-6-3-8-9(16-11(19)10(18)15-8)4-7(6)17-12(20-2)14-5-13/h3-4H,1-2H3,(H,14,17)(H,15,18)(H,16,19). The topological polar surface area (TPSA) is 114 Å². The molecule has 2 rings (SSSR count). The summed E-state index contributed by atoms with van der Waals surface area (Å²) in [5.74, 6) is 0. The molecule has 0 unspecified atom stereocenters. The van der Waals surface area contributed by atoms with Gasteiger partial charge in [0.25, 0.3) is 0 Å². The minimum atomic E-state index is -0.712. The highest BCUT2D eigenvalue weighted by molar-refractivity contribution is 8.13. The van der Waals surface area contributed by atoms with Crippen molar-refractivity contribution >= 4 is 33.7 Å². The fraction of sp³-hybridized carbons (Fsp3) is 0.167. The maximum Gasteiger partial charge on any atom is 0.314 e. The minimum Gasteiger partial charge on any atom is -0.316 e. The number of aliphatic imine (C=N–C) groups is 1. The molecule has 3 N–H and O–H groups in total. The number of aromatic nitrogens is 2. The molecule has 0 bridgehead atoms. The second kappa shape index (κ2) is 5.63. The van der Waals surface area contributed by atoms with Crippen molar-refractivity contribution in [2.24, 2.45) is 4.99 Å². The van der Waals surface area contributed by atoms with Crippen LogP contribution in [-0.2, 0) is 0 Å². The second-order valence-electron chi connectivity index (χ2n) is 3.95. The van der Waals surface area contributed by atoms with Crippen LogP contribution < -0.4 is 16.4 Å². The number of rotatable bonds is 1. The van der Waals surface area contributed by atoms with E-state index in [1.54, 1.807) is 24.6 Å². The molecule has 102 valence electrons. The molecule has 0 saturated heterocycles. The monoisotopic (exact) mass is 289 g/mol. The first-order valence-electron chi connectivity index (χ1n) is 5.60. The Morgan fingerprint density at radius 2 is 1.90 bits per heavy atom. The van der Waals surface area contributed by atoms with Crippen molar-refractivity contribution in [2.75, 3.05) is 6.26 Å². The third kappa shape index (κ3) is 2.73. The summed E-state index contributed by atoms with van der Waals surface area (Å²) in [6, 6.07) is 3.37. The van der Waals surface area contributed by atoms with Crippen molar-refractivity contribution in [3.05, 3.63) is 38.4 Å². The van der Waals surface area contributed by atoms with Crippen molar-refractivity contribution in [1.29, 1.82) is 5.26 Å². The van der Waals surface area contributed by atoms with E-state index in [0.29, 0.717) is 21.9 Å². The molecule has 0 saturated carbocycles. The van der Waals surface area contributed by atoms with E-state index in [2.05, 4.69) is 20.3 Å². The van der Waals surface area contributed by atoms with Gasteiger partial charge in [-0.25, -0.2) is 4.99 Å². The molecule has 0 fully saturated rings. The summed E-state index contributed by atoms with van der Waals surface area (Å²) in [7, 11) is 0. The molecular weight excluding hydrogens is 278 g/mol. The van der Waals surface area contributed by atoms with E-state index in [-0.39, 0.29) is 0 Å². The zero-order chi connectivity index (χ0) is 14.7. The zero-order valence-corrected chi connectivity index (χ0v) is 11.6. The molecule has 8 heteroatoms. The number of aryl methyl sites for hydroxylation is 1. The second-order valence-corrected chi connectivity index (χ2v) is 4.75. The molecule has 0 atom stereocenters. The molecular formula is C12H11N5O2S. The van der Waals surface area contributed by atoms with E-state index in [4.69, 9.17) is 5.26 Å². The van der Waals surface area contributed by atoms with Crippen molar-refractivity contribution in [2.45, 2.75) is 6.92 Å². The van der Waals surface area contributed by atoms with E-state index < -0.39 is 11.1 Å². The van der Waals surface area contributed by atoms with E-state index in [0.717, 1.165) is 5.56 Å². The summed E-state index contributed by atoms with van der Waals surface area (Å²) in [6.07, 6.45) is 3.60. The van der Waals surface area contributed by atoms with Gasteiger partial charge in [-0.15, -0.1) is 0 Å². The van der Waals surface area contributed by atoms with Crippen LogP contribution in [0.25, 0.3) is 11.0 Å². The lowest BCUT2D eigenvalue weighted by Crippen LogP contribution is -2.28. The number of H-pyrrole nitrogens is 2. The molecule has 1 aromatic carbocycles. The minimum absolute atomic E-state index is 0.446. The molecule has 0 aliphatic rings. The molecule has 2 aromatic rings. The van der Waals surface area contributed by atoms with Gasteiger partial charge in [0.05, 0.1) is 16.7 Å². The van der Waals surface area contributed by atoms with Crippen molar-refractivity contribution in [3.63, 3.8) is 0 Å². The first kappa shape index (κ1) is 13.9. The first-order chi connectivity index (χ1) is 9.55. The molecule has 0 spiro atoms.